The smallest absolute Gasteiger partial charge is 0.384 e. The molecule has 0 spiro atoms. The van der Waals surface area contributed by atoms with E-state index in [0.29, 0.717) is 22.8 Å². The van der Waals surface area contributed by atoms with E-state index in [4.69, 9.17) is 11.1 Å². The first-order valence-electron chi connectivity index (χ1n) is 5.38. The van der Waals surface area contributed by atoms with E-state index in [0.717, 1.165) is 0 Å². The second-order valence-corrected chi connectivity index (χ2v) is 4.62. The van der Waals surface area contributed by atoms with Crippen LogP contribution in [0.1, 0.15) is 11.4 Å². The number of nitrogens with one attached hydrogen (secondary N) is 1. The topological polar surface area (TPSA) is 78.9 Å². The molecule has 1 aromatic heterocycles. The van der Waals surface area contributed by atoms with Crippen molar-refractivity contribution in [3.8, 4) is 0 Å². The minimum atomic E-state index is -4.57. The summed E-state index contributed by atoms with van der Waals surface area (Å²) in [5.74, 6) is -1.35. The number of anilines is 2. The average Bonchev–Trinajstić information content (AvgIpc) is 2.87. The fourth-order valence-electron chi connectivity index (χ4n) is 1.56. The second kappa shape index (κ2) is 5.08. The molecule has 2 rings (SSSR count). The van der Waals surface area contributed by atoms with Gasteiger partial charge in [-0.25, -0.2) is 0 Å². The summed E-state index contributed by atoms with van der Waals surface area (Å²) < 4.78 is 40.7. The normalized spacial score (nSPS) is 11.4. The summed E-state index contributed by atoms with van der Waals surface area (Å²) in [7, 11) is 1.54. The first-order valence-corrected chi connectivity index (χ1v) is 6.16. The Labute approximate surface area is 116 Å². The first kappa shape index (κ1) is 14.3. The molecule has 0 aliphatic carbocycles. The molecule has 9 heteroatoms. The summed E-state index contributed by atoms with van der Waals surface area (Å²) in [4.78, 5) is 4.88. The zero-order chi connectivity index (χ0) is 14.9. The molecule has 0 saturated heterocycles. The predicted molar refractivity (Wildman–Crippen MR) is 70.4 cm³/mol. The van der Waals surface area contributed by atoms with Crippen molar-refractivity contribution >= 4 is 28.2 Å². The minimum Gasteiger partial charge on any atom is -0.384 e. The lowest BCUT2D eigenvalue weighted by Crippen LogP contribution is -2.18. The summed E-state index contributed by atoms with van der Waals surface area (Å²) in [5.41, 5.74) is 6.36. The second-order valence-electron chi connectivity index (χ2n) is 3.89. The molecule has 2 aromatic rings. The summed E-state index contributed by atoms with van der Waals surface area (Å²) in [6.45, 7) is 0. The molecule has 1 heterocycles. The van der Waals surface area contributed by atoms with Gasteiger partial charge in [0.15, 0.2) is 0 Å². The molecule has 0 radical (unpaired) electrons. The Bertz CT molecular complexity index is 637. The molecular weight excluding hydrogens is 291 g/mol. The molecule has 0 bridgehead atoms. The monoisotopic (exact) mass is 301 g/mol. The van der Waals surface area contributed by atoms with Crippen LogP contribution < -0.4 is 10.6 Å². The van der Waals surface area contributed by atoms with Crippen molar-refractivity contribution < 1.29 is 13.2 Å². The number of amidine groups is 1. The molecule has 5 nitrogen and oxygen atoms in total. The minimum absolute atomic E-state index is 0.0750. The SMILES string of the molecule is CN(c1nc(C(F)(F)F)ns1)c1ccccc1C(=N)N. The number of alkyl halides is 3. The van der Waals surface area contributed by atoms with Crippen LogP contribution >= 0.6 is 11.5 Å². The molecule has 3 N–H and O–H groups in total. The van der Waals surface area contributed by atoms with Gasteiger partial charge in [-0.3, -0.25) is 5.41 Å². The number of nitrogens with two attached hydrogens (primary N) is 1. The third-order valence-corrected chi connectivity index (χ3v) is 3.30. The Morgan fingerprint density at radius 2 is 2.00 bits per heavy atom. The zero-order valence-electron chi connectivity index (χ0n) is 10.3. The molecule has 0 aliphatic rings. The largest absolute Gasteiger partial charge is 0.452 e. The van der Waals surface area contributed by atoms with Crippen LogP contribution in [0.25, 0.3) is 0 Å². The van der Waals surface area contributed by atoms with E-state index in [2.05, 4.69) is 9.36 Å². The average molecular weight is 301 g/mol. The van der Waals surface area contributed by atoms with Gasteiger partial charge in [-0.05, 0) is 12.1 Å². The molecule has 0 amide bonds. The molecule has 106 valence electrons. The Hall–Kier alpha value is -2.16. The van der Waals surface area contributed by atoms with E-state index in [-0.39, 0.29) is 11.0 Å². The van der Waals surface area contributed by atoms with Crippen molar-refractivity contribution in [2.24, 2.45) is 5.73 Å². The lowest BCUT2D eigenvalue weighted by molar-refractivity contribution is -0.144. The van der Waals surface area contributed by atoms with Gasteiger partial charge in [0.2, 0.25) is 11.0 Å². The maximum atomic E-state index is 12.5. The standard InChI is InChI=1S/C11H10F3N5S/c1-19(7-5-3-2-4-6(7)8(15)16)10-17-9(18-20-10)11(12,13)14/h2-5H,1H3,(H3,15,16). The molecule has 20 heavy (non-hydrogen) atoms. The van der Waals surface area contributed by atoms with Crippen LogP contribution in [0.15, 0.2) is 24.3 Å². The number of para-hydroxylation sites is 1. The van der Waals surface area contributed by atoms with Crippen molar-refractivity contribution in [3.63, 3.8) is 0 Å². The fourth-order valence-corrected chi connectivity index (χ4v) is 2.22. The number of aromatic nitrogens is 2. The van der Waals surface area contributed by atoms with Crippen molar-refractivity contribution in [2.45, 2.75) is 6.18 Å². The highest BCUT2D eigenvalue weighted by Crippen LogP contribution is 2.33. The predicted octanol–water partition coefficient (Wildman–Crippen LogP) is 2.61. The molecule has 0 fully saturated rings. The van der Waals surface area contributed by atoms with Gasteiger partial charge in [0.1, 0.15) is 5.84 Å². The van der Waals surface area contributed by atoms with E-state index in [9.17, 15) is 13.2 Å². The third kappa shape index (κ3) is 2.72. The van der Waals surface area contributed by atoms with Crippen LogP contribution in [0.4, 0.5) is 24.0 Å². The Morgan fingerprint density at radius 1 is 1.35 bits per heavy atom. The summed E-state index contributed by atoms with van der Waals surface area (Å²) in [5, 5.41) is 7.55. The van der Waals surface area contributed by atoms with Gasteiger partial charge >= 0.3 is 6.18 Å². The highest BCUT2D eigenvalue weighted by Gasteiger charge is 2.36. The van der Waals surface area contributed by atoms with Crippen LogP contribution in [0.2, 0.25) is 0 Å². The highest BCUT2D eigenvalue weighted by molar-refractivity contribution is 7.09. The number of halogens is 3. The van der Waals surface area contributed by atoms with E-state index < -0.39 is 12.0 Å². The number of rotatable bonds is 3. The third-order valence-electron chi connectivity index (χ3n) is 2.51. The number of hydrogen-bond donors (Lipinski definition) is 2. The molecule has 1 aromatic carbocycles. The van der Waals surface area contributed by atoms with E-state index >= 15 is 0 Å². The Kier molecular flexibility index (Phi) is 3.62. The fraction of sp³-hybridized carbons (Fsp3) is 0.182. The van der Waals surface area contributed by atoms with E-state index in [1.165, 1.54) is 4.90 Å². The number of nitrogens with zero attached hydrogens (tertiary/aromatic N) is 3. The van der Waals surface area contributed by atoms with Gasteiger partial charge < -0.3 is 10.6 Å². The lowest BCUT2D eigenvalue weighted by atomic mass is 10.1. The van der Waals surface area contributed by atoms with Crippen LogP contribution in [0.3, 0.4) is 0 Å². The maximum absolute atomic E-state index is 12.5. The van der Waals surface area contributed by atoms with E-state index in [1.807, 2.05) is 0 Å². The molecule has 0 aliphatic heterocycles. The van der Waals surface area contributed by atoms with Crippen LogP contribution in [0, 0.1) is 5.41 Å². The quantitative estimate of drug-likeness (QED) is 0.674. The molecule has 0 saturated carbocycles. The summed E-state index contributed by atoms with van der Waals surface area (Å²) in [6.07, 6.45) is -4.57. The number of benzene rings is 1. The summed E-state index contributed by atoms with van der Waals surface area (Å²) >= 11 is 0.633. The summed E-state index contributed by atoms with van der Waals surface area (Å²) in [6, 6.07) is 6.64. The van der Waals surface area contributed by atoms with Gasteiger partial charge in [0, 0.05) is 24.1 Å². The van der Waals surface area contributed by atoms with Gasteiger partial charge in [0.05, 0.1) is 5.69 Å². The van der Waals surface area contributed by atoms with Crippen molar-refractivity contribution in [2.75, 3.05) is 11.9 Å². The van der Waals surface area contributed by atoms with Crippen molar-refractivity contribution in [1.29, 1.82) is 5.41 Å². The lowest BCUT2D eigenvalue weighted by Gasteiger charge is -2.18. The molecular formula is C11H10F3N5S. The number of hydrogen-bond acceptors (Lipinski definition) is 5. The zero-order valence-corrected chi connectivity index (χ0v) is 11.1. The molecule has 0 atom stereocenters. The maximum Gasteiger partial charge on any atom is 0.452 e. The van der Waals surface area contributed by atoms with Crippen LogP contribution in [0.5, 0.6) is 0 Å². The highest BCUT2D eigenvalue weighted by atomic mass is 32.1. The number of nitrogen functional groups attached to an aromatic ring is 1. The van der Waals surface area contributed by atoms with Crippen molar-refractivity contribution in [3.05, 3.63) is 35.7 Å². The first-order chi connectivity index (χ1) is 9.30. The van der Waals surface area contributed by atoms with Crippen LogP contribution in [-0.4, -0.2) is 22.2 Å². The van der Waals surface area contributed by atoms with Crippen molar-refractivity contribution in [1.82, 2.24) is 9.36 Å². The van der Waals surface area contributed by atoms with Gasteiger partial charge in [-0.2, -0.15) is 22.5 Å². The molecule has 0 unspecified atom stereocenters. The van der Waals surface area contributed by atoms with Gasteiger partial charge in [-0.1, -0.05) is 12.1 Å². The van der Waals surface area contributed by atoms with Gasteiger partial charge in [-0.15, -0.1) is 0 Å². The Balaban J connectivity index is 2.39. The Morgan fingerprint density at radius 3 is 2.55 bits per heavy atom. The van der Waals surface area contributed by atoms with E-state index in [1.54, 1.807) is 31.3 Å². The van der Waals surface area contributed by atoms with Gasteiger partial charge in [0.25, 0.3) is 0 Å². The van der Waals surface area contributed by atoms with Crippen LogP contribution in [-0.2, 0) is 6.18 Å².